The van der Waals surface area contributed by atoms with Crippen LogP contribution in [0.4, 0.5) is 16.2 Å². The summed E-state index contributed by atoms with van der Waals surface area (Å²) < 4.78 is 26.9. The van der Waals surface area contributed by atoms with Gasteiger partial charge in [-0.25, -0.2) is 17.5 Å². The molecule has 0 unspecified atom stereocenters. The van der Waals surface area contributed by atoms with Crippen LogP contribution in [0.5, 0.6) is 0 Å². The van der Waals surface area contributed by atoms with Crippen LogP contribution in [0.2, 0.25) is 0 Å². The minimum Gasteiger partial charge on any atom is -0.338 e. The number of carbonyl (C=O) groups is 3. The van der Waals surface area contributed by atoms with Crippen LogP contribution in [0.15, 0.2) is 109 Å². The molecular formula is C37H36N4O5S. The average molecular weight is 649 g/mol. The van der Waals surface area contributed by atoms with Crippen LogP contribution in [0.25, 0.3) is 12.2 Å². The van der Waals surface area contributed by atoms with Crippen LogP contribution < -0.4 is 4.90 Å². The minimum absolute atomic E-state index is 0.0353. The molecule has 0 bridgehead atoms. The lowest BCUT2D eigenvalue weighted by molar-refractivity contribution is -0.136. The first kappa shape index (κ1) is 31.9. The van der Waals surface area contributed by atoms with Crippen molar-refractivity contribution in [3.63, 3.8) is 0 Å². The summed E-state index contributed by atoms with van der Waals surface area (Å²) in [6.45, 7) is 0.0613. The second-order valence-corrected chi connectivity index (χ2v) is 14.0. The predicted octanol–water partition coefficient (Wildman–Crippen LogP) is 5.23. The fraction of sp³-hybridized carbons (Fsp3) is 0.216. The topological polar surface area (TPSA) is 98.3 Å². The lowest BCUT2D eigenvalue weighted by Crippen LogP contribution is -2.62. The first-order valence-corrected chi connectivity index (χ1v) is 17.0. The Morgan fingerprint density at radius 1 is 0.723 bits per heavy atom. The maximum Gasteiger partial charge on any atom is 0.329 e. The van der Waals surface area contributed by atoms with E-state index in [2.05, 4.69) is 0 Å². The summed E-state index contributed by atoms with van der Waals surface area (Å²) in [4.78, 5) is 47.7. The van der Waals surface area contributed by atoms with Crippen LogP contribution in [0, 0.1) is 0 Å². The summed E-state index contributed by atoms with van der Waals surface area (Å²) in [5, 5.41) is 0. The van der Waals surface area contributed by atoms with Crippen molar-refractivity contribution >= 4 is 51.3 Å². The maximum absolute atomic E-state index is 14.7. The fourth-order valence-electron chi connectivity index (χ4n) is 6.15. The van der Waals surface area contributed by atoms with Crippen molar-refractivity contribution in [2.45, 2.75) is 12.0 Å². The smallest absolute Gasteiger partial charge is 0.329 e. The summed E-state index contributed by atoms with van der Waals surface area (Å²) >= 11 is 0. The fourth-order valence-corrected chi connectivity index (χ4v) is 6.96. The van der Waals surface area contributed by atoms with Gasteiger partial charge < -0.3 is 9.80 Å². The predicted molar refractivity (Wildman–Crippen MR) is 184 cm³/mol. The highest BCUT2D eigenvalue weighted by atomic mass is 32.2. The van der Waals surface area contributed by atoms with E-state index in [1.54, 1.807) is 9.80 Å². The summed E-state index contributed by atoms with van der Waals surface area (Å²) in [7, 11) is -1.21. The number of rotatable bonds is 7. The van der Waals surface area contributed by atoms with E-state index in [0.29, 0.717) is 11.4 Å². The second kappa shape index (κ2) is 13.4. The molecule has 3 amide bonds. The molecule has 0 spiro atoms. The zero-order valence-electron chi connectivity index (χ0n) is 26.3. The molecule has 0 saturated carbocycles. The Labute approximate surface area is 275 Å². The first-order chi connectivity index (χ1) is 22.7. The van der Waals surface area contributed by atoms with E-state index < -0.39 is 39.6 Å². The molecule has 1 saturated heterocycles. The molecule has 2 aliphatic rings. The summed E-state index contributed by atoms with van der Waals surface area (Å²) in [6, 6.07) is 32.1. The number of amides is 3. The number of ketones is 1. The lowest BCUT2D eigenvalue weighted by Gasteiger charge is -2.43. The monoisotopic (exact) mass is 648 g/mol. The minimum atomic E-state index is -3.95. The number of carbonyl (C=O) groups excluding carboxylic acids is 3. The third-order valence-corrected chi connectivity index (χ3v) is 10.5. The van der Waals surface area contributed by atoms with Crippen LogP contribution in [-0.2, 0) is 19.6 Å². The molecule has 0 aromatic heterocycles. The van der Waals surface area contributed by atoms with Gasteiger partial charge >= 0.3 is 6.03 Å². The van der Waals surface area contributed by atoms with E-state index in [-0.39, 0.29) is 25.5 Å². The number of sulfonamides is 1. The SMILES string of the molecule is CN(C)S(=O)(=O)CC(=O)[C@@H]1CN(C(=O)C(c2ccccc2)c2ccccc2)CCN1C(=O)N1c2ccccc2C=Cc2ccccc21. The highest BCUT2D eigenvalue weighted by Gasteiger charge is 2.42. The van der Waals surface area contributed by atoms with Gasteiger partial charge in [-0.3, -0.25) is 14.5 Å². The number of Topliss-reactive ketones (excluding diaryl/α,β-unsaturated/α-hetero) is 1. The Morgan fingerprint density at radius 2 is 1.21 bits per heavy atom. The molecule has 2 heterocycles. The van der Waals surface area contributed by atoms with Gasteiger partial charge in [0, 0.05) is 33.7 Å². The van der Waals surface area contributed by atoms with E-state index in [9.17, 15) is 22.8 Å². The zero-order chi connectivity index (χ0) is 33.1. The van der Waals surface area contributed by atoms with Crippen LogP contribution in [0.3, 0.4) is 0 Å². The number of benzene rings is 4. The van der Waals surface area contributed by atoms with E-state index >= 15 is 0 Å². The van der Waals surface area contributed by atoms with Crippen molar-refractivity contribution in [3.8, 4) is 0 Å². The van der Waals surface area contributed by atoms with Crippen LogP contribution in [0.1, 0.15) is 28.2 Å². The summed E-state index contributed by atoms with van der Waals surface area (Å²) in [5.41, 5.74) is 4.50. The van der Waals surface area contributed by atoms with Crippen molar-refractivity contribution < 1.29 is 22.8 Å². The number of piperazine rings is 1. The third-order valence-electron chi connectivity index (χ3n) is 8.69. The highest BCUT2D eigenvalue weighted by Crippen LogP contribution is 2.38. The van der Waals surface area contributed by atoms with Crippen molar-refractivity contribution in [2.24, 2.45) is 0 Å². The third kappa shape index (κ3) is 6.47. The van der Waals surface area contributed by atoms with Gasteiger partial charge in [-0.15, -0.1) is 0 Å². The molecule has 10 heteroatoms. The van der Waals surface area contributed by atoms with Gasteiger partial charge in [0.1, 0.15) is 11.8 Å². The van der Waals surface area contributed by atoms with Crippen molar-refractivity contribution in [1.82, 2.24) is 14.1 Å². The largest absolute Gasteiger partial charge is 0.338 e. The Morgan fingerprint density at radius 3 is 1.72 bits per heavy atom. The molecular weight excluding hydrogens is 612 g/mol. The number of para-hydroxylation sites is 2. The Balaban J connectivity index is 1.38. The van der Waals surface area contributed by atoms with Gasteiger partial charge in [0.25, 0.3) is 0 Å². The number of hydrogen-bond donors (Lipinski definition) is 0. The van der Waals surface area contributed by atoms with E-state index in [4.69, 9.17) is 0 Å². The first-order valence-electron chi connectivity index (χ1n) is 15.4. The second-order valence-electron chi connectivity index (χ2n) is 11.8. The van der Waals surface area contributed by atoms with Crippen molar-refractivity contribution in [1.29, 1.82) is 0 Å². The number of hydrogen-bond acceptors (Lipinski definition) is 5. The molecule has 47 heavy (non-hydrogen) atoms. The number of fused-ring (bicyclic) bond motifs is 2. The van der Waals surface area contributed by atoms with E-state index in [1.165, 1.54) is 19.0 Å². The van der Waals surface area contributed by atoms with Gasteiger partial charge in [0.05, 0.1) is 17.3 Å². The quantitative estimate of drug-likeness (QED) is 0.273. The standard InChI is InChI=1S/C37H36N4O5S/c1-38(2)47(45,46)26-34(42)33-25-39(36(43)35(29-15-5-3-6-16-29)30-17-7-4-8-18-30)23-24-40(33)37(44)41-31-19-11-9-13-27(31)21-22-28-14-10-12-20-32(28)41/h3-22,33,35H,23-26H2,1-2H3/t33-/m0/s1. The molecule has 4 aromatic rings. The van der Waals surface area contributed by atoms with Gasteiger partial charge in [-0.05, 0) is 34.4 Å². The number of nitrogens with zero attached hydrogens (tertiary/aromatic N) is 4. The van der Waals surface area contributed by atoms with E-state index in [1.807, 2.05) is 121 Å². The molecule has 9 nitrogen and oxygen atoms in total. The average Bonchev–Trinajstić information content (AvgIpc) is 3.25. The molecule has 0 radical (unpaired) electrons. The molecule has 0 N–H and O–H groups in total. The number of anilines is 2. The molecule has 1 atom stereocenters. The van der Waals surface area contributed by atoms with Gasteiger partial charge in [0.2, 0.25) is 15.9 Å². The van der Waals surface area contributed by atoms with Gasteiger partial charge in [-0.1, -0.05) is 109 Å². The van der Waals surface area contributed by atoms with Crippen molar-refractivity contribution in [3.05, 3.63) is 131 Å². The molecule has 6 rings (SSSR count). The van der Waals surface area contributed by atoms with E-state index in [0.717, 1.165) is 26.6 Å². The molecule has 2 aliphatic heterocycles. The Kier molecular flexibility index (Phi) is 9.06. The molecule has 1 fully saturated rings. The summed E-state index contributed by atoms with van der Waals surface area (Å²) in [5.74, 6) is -2.32. The zero-order valence-corrected chi connectivity index (χ0v) is 27.1. The molecule has 240 valence electrons. The Bertz CT molecular complexity index is 1840. The maximum atomic E-state index is 14.7. The summed E-state index contributed by atoms with van der Waals surface area (Å²) in [6.07, 6.45) is 3.88. The van der Waals surface area contributed by atoms with Crippen LogP contribution in [-0.4, -0.2) is 85.8 Å². The Hall–Kier alpha value is -5.06. The molecule has 4 aromatic carbocycles. The lowest BCUT2D eigenvalue weighted by atomic mass is 9.89. The molecule has 0 aliphatic carbocycles. The van der Waals surface area contributed by atoms with Gasteiger partial charge in [0.15, 0.2) is 5.78 Å². The number of urea groups is 1. The van der Waals surface area contributed by atoms with Gasteiger partial charge in [-0.2, -0.15) is 0 Å². The highest BCUT2D eigenvalue weighted by molar-refractivity contribution is 7.89. The van der Waals surface area contributed by atoms with Crippen LogP contribution >= 0.6 is 0 Å². The normalized spacial score (nSPS) is 16.1. The van der Waals surface area contributed by atoms with Crippen molar-refractivity contribution in [2.75, 3.05) is 44.4 Å².